The van der Waals surface area contributed by atoms with Gasteiger partial charge in [-0.3, -0.25) is 9.59 Å². The minimum Gasteiger partial charge on any atom is -0.459 e. The van der Waals surface area contributed by atoms with Gasteiger partial charge in [0.2, 0.25) is 0 Å². The van der Waals surface area contributed by atoms with Gasteiger partial charge >= 0.3 is 5.97 Å². The van der Waals surface area contributed by atoms with E-state index in [4.69, 9.17) is 14.4 Å². The molecular formula is C23H19N3O5. The van der Waals surface area contributed by atoms with Crippen LogP contribution in [0.1, 0.15) is 21.7 Å². The number of hydrogen-bond acceptors (Lipinski definition) is 6. The lowest BCUT2D eigenvalue weighted by Gasteiger charge is -2.17. The van der Waals surface area contributed by atoms with E-state index >= 15 is 0 Å². The van der Waals surface area contributed by atoms with E-state index < -0.39 is 30.4 Å². The number of anilines is 1. The quantitative estimate of drug-likeness (QED) is 0.544. The van der Waals surface area contributed by atoms with Crippen molar-refractivity contribution in [2.45, 2.75) is 12.5 Å². The molecule has 0 saturated heterocycles. The first kappa shape index (κ1) is 21.3. The molecule has 3 rings (SSSR count). The molecule has 0 aliphatic carbocycles. The molecule has 1 aromatic heterocycles. The fourth-order valence-electron chi connectivity index (χ4n) is 2.78. The first-order valence-corrected chi connectivity index (χ1v) is 9.40. The van der Waals surface area contributed by atoms with Crippen LogP contribution in [0.3, 0.4) is 0 Å². The van der Waals surface area contributed by atoms with E-state index in [2.05, 4.69) is 10.6 Å². The van der Waals surface area contributed by atoms with Gasteiger partial charge in [-0.15, -0.1) is 0 Å². The summed E-state index contributed by atoms with van der Waals surface area (Å²) in [7, 11) is 0. The minimum atomic E-state index is -1.02. The molecule has 31 heavy (non-hydrogen) atoms. The molecule has 2 N–H and O–H groups in total. The average molecular weight is 417 g/mol. The molecule has 2 amide bonds. The average Bonchev–Trinajstić information content (AvgIpc) is 3.33. The van der Waals surface area contributed by atoms with Crippen molar-refractivity contribution in [1.82, 2.24) is 5.32 Å². The van der Waals surface area contributed by atoms with Gasteiger partial charge in [0.25, 0.3) is 11.8 Å². The molecule has 8 nitrogen and oxygen atoms in total. The second-order valence-corrected chi connectivity index (χ2v) is 6.54. The van der Waals surface area contributed by atoms with Crippen LogP contribution in [0, 0.1) is 11.3 Å². The Morgan fingerprint density at radius 2 is 1.84 bits per heavy atom. The Kier molecular flexibility index (Phi) is 7.16. The highest BCUT2D eigenvalue weighted by Crippen LogP contribution is 2.10. The fourth-order valence-corrected chi connectivity index (χ4v) is 2.78. The minimum absolute atomic E-state index is 0.0565. The van der Waals surface area contributed by atoms with Crippen molar-refractivity contribution in [3.63, 3.8) is 0 Å². The van der Waals surface area contributed by atoms with Crippen molar-refractivity contribution in [2.24, 2.45) is 0 Å². The third-order valence-corrected chi connectivity index (χ3v) is 4.24. The lowest BCUT2D eigenvalue weighted by molar-refractivity contribution is -0.149. The Morgan fingerprint density at radius 1 is 1.03 bits per heavy atom. The van der Waals surface area contributed by atoms with Crippen molar-refractivity contribution in [2.75, 3.05) is 11.9 Å². The lowest BCUT2D eigenvalue weighted by Crippen LogP contribution is -2.44. The molecule has 0 aliphatic heterocycles. The van der Waals surface area contributed by atoms with Gasteiger partial charge in [-0.05, 0) is 35.9 Å². The number of ether oxygens (including phenoxy) is 1. The highest BCUT2D eigenvalue weighted by atomic mass is 16.5. The number of furan rings is 1. The van der Waals surface area contributed by atoms with E-state index in [-0.39, 0.29) is 12.2 Å². The molecule has 0 fully saturated rings. The van der Waals surface area contributed by atoms with Crippen LogP contribution in [0.25, 0.3) is 0 Å². The van der Waals surface area contributed by atoms with E-state index in [1.54, 1.807) is 24.3 Å². The number of carbonyl (C=O) groups is 3. The summed E-state index contributed by atoms with van der Waals surface area (Å²) in [6, 6.07) is 19.4. The summed E-state index contributed by atoms with van der Waals surface area (Å²) in [5.74, 6) is -1.84. The maximum Gasteiger partial charge on any atom is 0.329 e. The third-order valence-electron chi connectivity index (χ3n) is 4.24. The van der Waals surface area contributed by atoms with Crippen LogP contribution in [0.15, 0.2) is 77.4 Å². The molecule has 1 atom stereocenters. The van der Waals surface area contributed by atoms with Crippen molar-refractivity contribution in [3.05, 3.63) is 89.9 Å². The van der Waals surface area contributed by atoms with Gasteiger partial charge in [0.1, 0.15) is 6.04 Å². The van der Waals surface area contributed by atoms with E-state index in [0.29, 0.717) is 11.3 Å². The van der Waals surface area contributed by atoms with Gasteiger partial charge in [-0.25, -0.2) is 4.79 Å². The largest absolute Gasteiger partial charge is 0.459 e. The first-order chi connectivity index (χ1) is 15.0. The zero-order chi connectivity index (χ0) is 22.1. The number of esters is 1. The normalized spacial score (nSPS) is 11.1. The maximum atomic E-state index is 12.6. The number of nitrogens with zero attached hydrogens (tertiary/aromatic N) is 1. The summed E-state index contributed by atoms with van der Waals surface area (Å²) in [6.07, 6.45) is 1.53. The van der Waals surface area contributed by atoms with Crippen molar-refractivity contribution < 1.29 is 23.5 Å². The summed E-state index contributed by atoms with van der Waals surface area (Å²) in [5.41, 5.74) is 1.60. The van der Waals surface area contributed by atoms with Crippen molar-refractivity contribution >= 4 is 23.5 Å². The second kappa shape index (κ2) is 10.4. The number of benzene rings is 2. The molecule has 8 heteroatoms. The van der Waals surface area contributed by atoms with Crippen molar-refractivity contribution in [3.8, 4) is 6.07 Å². The highest BCUT2D eigenvalue weighted by molar-refractivity contribution is 5.96. The van der Waals surface area contributed by atoms with Gasteiger partial charge in [0, 0.05) is 12.1 Å². The Morgan fingerprint density at radius 3 is 2.55 bits per heavy atom. The van der Waals surface area contributed by atoms with Gasteiger partial charge in [-0.2, -0.15) is 5.26 Å². The van der Waals surface area contributed by atoms with E-state index in [0.717, 1.165) is 5.56 Å². The monoisotopic (exact) mass is 417 g/mol. The van der Waals surface area contributed by atoms with Gasteiger partial charge in [0.05, 0.1) is 17.9 Å². The molecule has 1 heterocycles. The molecule has 0 bridgehead atoms. The maximum absolute atomic E-state index is 12.6. The first-order valence-electron chi connectivity index (χ1n) is 9.40. The van der Waals surface area contributed by atoms with Gasteiger partial charge < -0.3 is 19.8 Å². The van der Waals surface area contributed by atoms with E-state index in [1.165, 1.54) is 18.4 Å². The zero-order valence-corrected chi connectivity index (χ0v) is 16.4. The van der Waals surface area contributed by atoms with Crippen molar-refractivity contribution in [1.29, 1.82) is 5.26 Å². The fraction of sp³-hybridized carbons (Fsp3) is 0.130. The molecule has 0 spiro atoms. The SMILES string of the molecule is N#Cc1cccc(NC(=O)COC(=O)C(Cc2ccccc2)NC(=O)c2ccco2)c1. The number of hydrogen-bond donors (Lipinski definition) is 2. The van der Waals surface area contributed by atoms with Crippen LogP contribution >= 0.6 is 0 Å². The smallest absolute Gasteiger partial charge is 0.329 e. The van der Waals surface area contributed by atoms with Gasteiger partial charge in [0.15, 0.2) is 12.4 Å². The van der Waals surface area contributed by atoms with Crippen LogP contribution in [0.2, 0.25) is 0 Å². The number of carbonyl (C=O) groups excluding carboxylic acids is 3. The Labute approximate surface area is 178 Å². The molecule has 2 aromatic carbocycles. The molecule has 0 radical (unpaired) electrons. The van der Waals surface area contributed by atoms with Crippen LogP contribution in [0.5, 0.6) is 0 Å². The molecule has 3 aromatic rings. The number of nitriles is 1. The summed E-state index contributed by atoms with van der Waals surface area (Å²) in [5, 5.41) is 14.1. The predicted molar refractivity (Wildman–Crippen MR) is 111 cm³/mol. The van der Waals surface area contributed by atoms with Crippen LogP contribution in [0.4, 0.5) is 5.69 Å². The van der Waals surface area contributed by atoms with Crippen LogP contribution in [-0.4, -0.2) is 30.4 Å². The summed E-state index contributed by atoms with van der Waals surface area (Å²) in [4.78, 5) is 37.1. The highest BCUT2D eigenvalue weighted by Gasteiger charge is 2.25. The zero-order valence-electron chi connectivity index (χ0n) is 16.4. The lowest BCUT2D eigenvalue weighted by atomic mass is 10.1. The summed E-state index contributed by atoms with van der Waals surface area (Å²) >= 11 is 0. The number of amides is 2. The third kappa shape index (κ3) is 6.30. The predicted octanol–water partition coefficient (Wildman–Crippen LogP) is 2.67. The Hall–Kier alpha value is -4.38. The van der Waals surface area contributed by atoms with E-state index in [9.17, 15) is 14.4 Å². The van der Waals surface area contributed by atoms with Crippen LogP contribution in [-0.2, 0) is 20.7 Å². The molecule has 1 unspecified atom stereocenters. The molecule has 0 saturated carbocycles. The number of nitrogens with one attached hydrogen (secondary N) is 2. The van der Waals surface area contributed by atoms with Crippen LogP contribution < -0.4 is 10.6 Å². The standard InChI is InChI=1S/C23H19N3O5/c24-14-17-8-4-9-18(12-17)25-21(27)15-31-23(29)19(13-16-6-2-1-3-7-16)26-22(28)20-10-5-11-30-20/h1-12,19H,13,15H2,(H,25,27)(H,26,28). The topological polar surface area (TPSA) is 121 Å². The summed E-state index contributed by atoms with van der Waals surface area (Å²) in [6.45, 7) is -0.544. The second-order valence-electron chi connectivity index (χ2n) is 6.54. The van der Waals surface area contributed by atoms with Gasteiger partial charge in [-0.1, -0.05) is 36.4 Å². The molecular weight excluding hydrogens is 398 g/mol. The number of rotatable bonds is 8. The molecule has 156 valence electrons. The molecule has 0 aliphatic rings. The Balaban J connectivity index is 1.62. The van der Waals surface area contributed by atoms with E-state index in [1.807, 2.05) is 36.4 Å². The summed E-state index contributed by atoms with van der Waals surface area (Å²) < 4.78 is 10.2. The Bertz CT molecular complexity index is 1090.